The minimum atomic E-state index is -0.0512. The van der Waals surface area contributed by atoms with Crippen molar-refractivity contribution in [2.75, 3.05) is 36.5 Å². The van der Waals surface area contributed by atoms with Crippen molar-refractivity contribution in [2.24, 2.45) is 5.92 Å². The summed E-state index contributed by atoms with van der Waals surface area (Å²) in [4.78, 5) is 19.4. The monoisotopic (exact) mass is 486 g/mol. The van der Waals surface area contributed by atoms with Crippen LogP contribution in [0.3, 0.4) is 0 Å². The van der Waals surface area contributed by atoms with Gasteiger partial charge in [-0.2, -0.15) is 0 Å². The lowest BCUT2D eigenvalue weighted by atomic mass is 10.2. The molecule has 1 amide bonds. The van der Waals surface area contributed by atoms with E-state index in [0.29, 0.717) is 11.7 Å². The van der Waals surface area contributed by atoms with E-state index in [1.807, 2.05) is 36.6 Å². The number of thiazole rings is 1. The quantitative estimate of drug-likeness (QED) is 0.458. The summed E-state index contributed by atoms with van der Waals surface area (Å²) >= 11 is 3.16. The summed E-state index contributed by atoms with van der Waals surface area (Å²) in [5, 5.41) is 15.7. The molecule has 8 nitrogen and oxygen atoms in total. The third-order valence-corrected chi connectivity index (χ3v) is 7.12. The molecule has 176 valence electrons. The van der Waals surface area contributed by atoms with Crippen LogP contribution in [0, 0.1) is 12.8 Å². The summed E-state index contributed by atoms with van der Waals surface area (Å²) in [6.07, 6.45) is 0.272. The lowest BCUT2D eigenvalue weighted by Gasteiger charge is -2.28. The van der Waals surface area contributed by atoms with Crippen LogP contribution >= 0.6 is 23.1 Å². The van der Waals surface area contributed by atoms with Crippen LogP contribution in [-0.2, 0) is 28.2 Å². The Bertz CT molecular complexity index is 1070. The molecule has 2 aromatic heterocycles. The van der Waals surface area contributed by atoms with Gasteiger partial charge in [-0.05, 0) is 24.5 Å². The lowest BCUT2D eigenvalue weighted by Crippen LogP contribution is -2.38. The van der Waals surface area contributed by atoms with Crippen molar-refractivity contribution < 1.29 is 9.53 Å². The standard InChI is InChI=1S/C23H30N6O2S2/c1-16(2)13-29-22(28-8-10-31-11-9-28)26-27-23(29)33-15-18-14-32-21(24-18)12-20(30)25-19-7-5-4-6-17(19)3/h4-7,14,16H,8-13,15H2,1-3H3,(H,25,30). The van der Waals surface area contributed by atoms with Crippen LogP contribution in [0.1, 0.15) is 30.1 Å². The summed E-state index contributed by atoms with van der Waals surface area (Å²) in [5.41, 5.74) is 2.84. The Hall–Kier alpha value is -2.43. The molecule has 0 radical (unpaired) electrons. The Morgan fingerprint density at radius 3 is 2.79 bits per heavy atom. The van der Waals surface area contributed by atoms with Gasteiger partial charge in [-0.15, -0.1) is 21.5 Å². The molecule has 0 spiro atoms. The Labute approximate surface area is 202 Å². The third kappa shape index (κ3) is 6.33. The molecule has 1 aliphatic rings. The van der Waals surface area contributed by atoms with Gasteiger partial charge in [0.1, 0.15) is 5.01 Å². The van der Waals surface area contributed by atoms with Crippen molar-refractivity contribution in [3.8, 4) is 0 Å². The molecule has 0 saturated carbocycles. The maximum atomic E-state index is 12.4. The highest BCUT2D eigenvalue weighted by molar-refractivity contribution is 7.98. The van der Waals surface area contributed by atoms with Crippen molar-refractivity contribution in [2.45, 2.75) is 44.6 Å². The number of nitrogens with zero attached hydrogens (tertiary/aromatic N) is 5. The predicted octanol–water partition coefficient (Wildman–Crippen LogP) is 4.01. The Balaban J connectivity index is 1.37. The fraction of sp³-hybridized carbons (Fsp3) is 0.478. The van der Waals surface area contributed by atoms with Crippen LogP contribution in [0.4, 0.5) is 11.6 Å². The smallest absolute Gasteiger partial charge is 0.231 e. The molecule has 0 unspecified atom stereocenters. The molecule has 1 saturated heterocycles. The molecule has 1 aliphatic heterocycles. The van der Waals surface area contributed by atoms with E-state index in [-0.39, 0.29) is 12.3 Å². The highest BCUT2D eigenvalue weighted by Gasteiger charge is 2.21. The number of aromatic nitrogens is 4. The summed E-state index contributed by atoms with van der Waals surface area (Å²) in [5.74, 6) is 2.04. The first kappa shape index (κ1) is 23.7. The maximum absolute atomic E-state index is 12.4. The van der Waals surface area contributed by atoms with Gasteiger partial charge < -0.3 is 15.0 Å². The number of morpholine rings is 1. The van der Waals surface area contributed by atoms with Crippen molar-refractivity contribution in [1.29, 1.82) is 0 Å². The van der Waals surface area contributed by atoms with Gasteiger partial charge in [-0.25, -0.2) is 4.98 Å². The van der Waals surface area contributed by atoms with Crippen molar-refractivity contribution >= 4 is 40.6 Å². The first-order valence-electron chi connectivity index (χ1n) is 11.2. The van der Waals surface area contributed by atoms with Gasteiger partial charge in [0.25, 0.3) is 0 Å². The zero-order chi connectivity index (χ0) is 23.2. The van der Waals surface area contributed by atoms with Crippen molar-refractivity contribution in [3.05, 3.63) is 45.9 Å². The number of aryl methyl sites for hydroxylation is 1. The van der Waals surface area contributed by atoms with E-state index >= 15 is 0 Å². The van der Waals surface area contributed by atoms with Gasteiger partial charge in [-0.3, -0.25) is 9.36 Å². The number of hydrogen-bond acceptors (Lipinski definition) is 8. The van der Waals surface area contributed by atoms with Crippen molar-refractivity contribution in [3.63, 3.8) is 0 Å². The summed E-state index contributed by atoms with van der Waals surface area (Å²) in [7, 11) is 0. The molecular weight excluding hydrogens is 456 g/mol. The second-order valence-corrected chi connectivity index (χ2v) is 10.3. The topological polar surface area (TPSA) is 85.2 Å². The lowest BCUT2D eigenvalue weighted by molar-refractivity contribution is -0.115. The minimum Gasteiger partial charge on any atom is -0.378 e. The van der Waals surface area contributed by atoms with Crippen LogP contribution in [-0.4, -0.2) is 52.0 Å². The Morgan fingerprint density at radius 2 is 2.03 bits per heavy atom. The first-order chi connectivity index (χ1) is 16.0. The first-order valence-corrected chi connectivity index (χ1v) is 13.0. The van der Waals surface area contributed by atoms with Gasteiger partial charge >= 0.3 is 0 Å². The number of amides is 1. The number of ether oxygens (including phenoxy) is 1. The Morgan fingerprint density at radius 1 is 1.24 bits per heavy atom. The highest BCUT2D eigenvalue weighted by Crippen LogP contribution is 2.27. The fourth-order valence-electron chi connectivity index (χ4n) is 3.59. The second-order valence-electron chi connectivity index (χ2n) is 8.45. The van der Waals surface area contributed by atoms with Crippen molar-refractivity contribution in [1.82, 2.24) is 19.7 Å². The highest BCUT2D eigenvalue weighted by atomic mass is 32.2. The molecule has 3 aromatic rings. The third-order valence-electron chi connectivity index (χ3n) is 5.22. The van der Waals surface area contributed by atoms with Crippen LogP contribution in [0.15, 0.2) is 34.8 Å². The average Bonchev–Trinajstić information content (AvgIpc) is 3.41. The molecule has 1 fully saturated rings. The van der Waals surface area contributed by atoms with Gasteiger partial charge in [-0.1, -0.05) is 43.8 Å². The number of benzene rings is 1. The van der Waals surface area contributed by atoms with Gasteiger partial charge in [0.05, 0.1) is 25.3 Å². The molecular formula is C23H30N6O2S2. The molecule has 0 aliphatic carbocycles. The number of anilines is 2. The molecule has 1 N–H and O–H groups in total. The largest absolute Gasteiger partial charge is 0.378 e. The predicted molar refractivity (Wildman–Crippen MR) is 133 cm³/mol. The summed E-state index contributed by atoms with van der Waals surface area (Å²) in [6.45, 7) is 10.4. The Kier molecular flexibility index (Phi) is 8.00. The number of nitrogens with one attached hydrogen (secondary N) is 1. The number of hydrogen-bond donors (Lipinski definition) is 1. The van der Waals surface area contributed by atoms with E-state index < -0.39 is 0 Å². The van der Waals surface area contributed by atoms with Crippen LogP contribution in [0.2, 0.25) is 0 Å². The summed E-state index contributed by atoms with van der Waals surface area (Å²) in [6, 6.07) is 7.78. The number of thioether (sulfide) groups is 1. The SMILES string of the molecule is Cc1ccccc1NC(=O)Cc1nc(CSc2nnc(N3CCOCC3)n2CC(C)C)cs1. The minimum absolute atomic E-state index is 0.0512. The van der Waals surface area contributed by atoms with E-state index in [0.717, 1.165) is 65.9 Å². The van der Waals surface area contributed by atoms with Gasteiger partial charge in [0.15, 0.2) is 5.16 Å². The van der Waals surface area contributed by atoms with E-state index in [1.54, 1.807) is 11.8 Å². The molecule has 10 heteroatoms. The molecule has 4 rings (SSSR count). The van der Waals surface area contributed by atoms with Crippen LogP contribution in [0.5, 0.6) is 0 Å². The molecule has 33 heavy (non-hydrogen) atoms. The van der Waals surface area contributed by atoms with E-state index in [1.165, 1.54) is 11.3 Å². The number of carbonyl (C=O) groups is 1. The fourth-order valence-corrected chi connectivity index (χ4v) is 5.32. The van der Waals surface area contributed by atoms with Gasteiger partial charge in [0.2, 0.25) is 11.9 Å². The van der Waals surface area contributed by atoms with E-state index in [9.17, 15) is 4.79 Å². The van der Waals surface area contributed by atoms with Crippen LogP contribution < -0.4 is 10.2 Å². The zero-order valence-corrected chi connectivity index (χ0v) is 20.9. The average molecular weight is 487 g/mol. The zero-order valence-electron chi connectivity index (χ0n) is 19.3. The molecule has 0 atom stereocenters. The normalized spacial score (nSPS) is 14.1. The number of rotatable bonds is 9. The number of para-hydroxylation sites is 1. The second kappa shape index (κ2) is 11.1. The summed E-state index contributed by atoms with van der Waals surface area (Å²) < 4.78 is 7.70. The van der Waals surface area contributed by atoms with Gasteiger partial charge in [0, 0.05) is 36.5 Å². The van der Waals surface area contributed by atoms with E-state index in [4.69, 9.17) is 4.74 Å². The van der Waals surface area contributed by atoms with E-state index in [2.05, 4.69) is 43.8 Å². The molecule has 0 bridgehead atoms. The molecule has 3 heterocycles. The maximum Gasteiger partial charge on any atom is 0.231 e. The number of carbonyl (C=O) groups excluding carboxylic acids is 1. The van der Waals surface area contributed by atoms with Crippen LogP contribution in [0.25, 0.3) is 0 Å². The molecule has 1 aromatic carbocycles.